The van der Waals surface area contributed by atoms with Gasteiger partial charge in [-0.05, 0) is 13.8 Å². The second kappa shape index (κ2) is 4.44. The van der Waals surface area contributed by atoms with Crippen LogP contribution in [0.1, 0.15) is 32.4 Å². The molecule has 5 nitrogen and oxygen atoms in total. The molecule has 1 amide bonds. The van der Waals surface area contributed by atoms with E-state index in [4.69, 9.17) is 10.2 Å². The number of aromatic nitrogens is 1. The van der Waals surface area contributed by atoms with Crippen molar-refractivity contribution in [2.45, 2.75) is 39.3 Å². The quantitative estimate of drug-likeness (QED) is 0.763. The fraction of sp³-hybridized carbons (Fsp3) is 0.600. The highest BCUT2D eigenvalue weighted by Crippen LogP contribution is 2.04. The SMILES string of the molecule is CCc1cnc(CNC(=O)C(C)(C)N)o1. The Morgan fingerprint density at radius 1 is 1.67 bits per heavy atom. The van der Waals surface area contributed by atoms with E-state index in [-0.39, 0.29) is 12.5 Å². The van der Waals surface area contributed by atoms with Crippen molar-refractivity contribution in [3.8, 4) is 0 Å². The van der Waals surface area contributed by atoms with E-state index in [9.17, 15) is 4.79 Å². The predicted octanol–water partition coefficient (Wildman–Crippen LogP) is 0.590. The van der Waals surface area contributed by atoms with Crippen LogP contribution < -0.4 is 11.1 Å². The molecule has 0 aliphatic carbocycles. The van der Waals surface area contributed by atoms with Gasteiger partial charge in [0.15, 0.2) is 0 Å². The predicted molar refractivity (Wildman–Crippen MR) is 56.0 cm³/mol. The molecule has 15 heavy (non-hydrogen) atoms. The molecule has 0 spiro atoms. The van der Waals surface area contributed by atoms with Crippen molar-refractivity contribution in [2.24, 2.45) is 5.73 Å². The van der Waals surface area contributed by atoms with E-state index in [1.54, 1.807) is 20.0 Å². The molecule has 0 atom stereocenters. The number of carbonyl (C=O) groups is 1. The molecule has 0 saturated heterocycles. The van der Waals surface area contributed by atoms with Crippen LogP contribution in [-0.2, 0) is 17.8 Å². The fourth-order valence-corrected chi connectivity index (χ4v) is 0.977. The van der Waals surface area contributed by atoms with Gasteiger partial charge in [0.05, 0.1) is 18.3 Å². The Balaban J connectivity index is 2.47. The van der Waals surface area contributed by atoms with Crippen molar-refractivity contribution >= 4 is 5.91 Å². The Hall–Kier alpha value is -1.36. The summed E-state index contributed by atoms with van der Waals surface area (Å²) in [7, 11) is 0. The standard InChI is InChI=1S/C10H17N3O2/c1-4-7-5-12-8(15-7)6-13-9(14)10(2,3)11/h5H,4,6,11H2,1-3H3,(H,13,14). The Labute approximate surface area is 89.1 Å². The monoisotopic (exact) mass is 211 g/mol. The highest BCUT2D eigenvalue weighted by molar-refractivity contribution is 5.84. The number of nitrogens with one attached hydrogen (secondary N) is 1. The minimum atomic E-state index is -0.875. The first-order valence-corrected chi connectivity index (χ1v) is 4.94. The summed E-state index contributed by atoms with van der Waals surface area (Å²) in [6.45, 7) is 5.55. The van der Waals surface area contributed by atoms with Gasteiger partial charge >= 0.3 is 0 Å². The molecule has 0 bridgehead atoms. The molecule has 1 aromatic heterocycles. The zero-order valence-electron chi connectivity index (χ0n) is 9.33. The van der Waals surface area contributed by atoms with Crippen molar-refractivity contribution in [2.75, 3.05) is 0 Å². The van der Waals surface area contributed by atoms with Crippen molar-refractivity contribution in [1.29, 1.82) is 0 Å². The first kappa shape index (κ1) is 11.7. The van der Waals surface area contributed by atoms with Gasteiger partial charge in [-0.15, -0.1) is 0 Å². The number of nitrogens with two attached hydrogens (primary N) is 1. The van der Waals surface area contributed by atoms with Crippen molar-refractivity contribution in [3.63, 3.8) is 0 Å². The van der Waals surface area contributed by atoms with E-state index in [1.807, 2.05) is 6.92 Å². The van der Waals surface area contributed by atoms with Crippen LogP contribution in [0.3, 0.4) is 0 Å². The summed E-state index contributed by atoms with van der Waals surface area (Å²) in [6, 6.07) is 0. The van der Waals surface area contributed by atoms with Crippen LogP contribution in [-0.4, -0.2) is 16.4 Å². The molecule has 84 valence electrons. The summed E-state index contributed by atoms with van der Waals surface area (Å²) in [5.74, 6) is 1.09. The number of amides is 1. The van der Waals surface area contributed by atoms with Gasteiger partial charge in [-0.2, -0.15) is 0 Å². The van der Waals surface area contributed by atoms with Gasteiger partial charge in [0.25, 0.3) is 0 Å². The number of hydrogen-bond donors (Lipinski definition) is 2. The van der Waals surface area contributed by atoms with Gasteiger partial charge in [-0.1, -0.05) is 6.92 Å². The van der Waals surface area contributed by atoms with Crippen molar-refractivity contribution in [3.05, 3.63) is 17.8 Å². The summed E-state index contributed by atoms with van der Waals surface area (Å²) in [6.07, 6.45) is 2.46. The van der Waals surface area contributed by atoms with E-state index in [0.29, 0.717) is 5.89 Å². The molecule has 1 aromatic rings. The minimum absolute atomic E-state index is 0.223. The van der Waals surface area contributed by atoms with Crippen LogP contribution in [0.2, 0.25) is 0 Å². The van der Waals surface area contributed by atoms with Gasteiger partial charge in [0.2, 0.25) is 11.8 Å². The number of nitrogens with zero attached hydrogens (tertiary/aromatic N) is 1. The molecule has 0 saturated carbocycles. The molecule has 0 aliphatic heterocycles. The molecule has 3 N–H and O–H groups in total. The van der Waals surface area contributed by atoms with Crippen LogP contribution in [0.15, 0.2) is 10.6 Å². The van der Waals surface area contributed by atoms with E-state index in [2.05, 4.69) is 10.3 Å². The summed E-state index contributed by atoms with van der Waals surface area (Å²) in [5, 5.41) is 2.66. The molecule has 1 heterocycles. The van der Waals surface area contributed by atoms with Crippen LogP contribution in [0.4, 0.5) is 0 Å². The highest BCUT2D eigenvalue weighted by Gasteiger charge is 2.21. The van der Waals surface area contributed by atoms with Gasteiger partial charge in [0, 0.05) is 6.42 Å². The minimum Gasteiger partial charge on any atom is -0.444 e. The molecule has 0 aliphatic rings. The second-order valence-corrected chi connectivity index (χ2v) is 3.98. The number of rotatable bonds is 4. The van der Waals surface area contributed by atoms with Gasteiger partial charge in [-0.25, -0.2) is 4.98 Å². The third-order valence-electron chi connectivity index (χ3n) is 1.94. The van der Waals surface area contributed by atoms with Crippen molar-refractivity contribution in [1.82, 2.24) is 10.3 Å². The van der Waals surface area contributed by atoms with E-state index >= 15 is 0 Å². The van der Waals surface area contributed by atoms with Gasteiger partial charge in [0.1, 0.15) is 5.76 Å². The molecule has 0 unspecified atom stereocenters. The summed E-state index contributed by atoms with van der Waals surface area (Å²) < 4.78 is 5.33. The maximum Gasteiger partial charge on any atom is 0.239 e. The molecule has 1 rings (SSSR count). The van der Waals surface area contributed by atoms with Crippen molar-refractivity contribution < 1.29 is 9.21 Å². The second-order valence-electron chi connectivity index (χ2n) is 3.98. The third kappa shape index (κ3) is 3.36. The molecular formula is C10H17N3O2. The average molecular weight is 211 g/mol. The largest absolute Gasteiger partial charge is 0.444 e. The molecule has 0 fully saturated rings. The van der Waals surface area contributed by atoms with Crippen LogP contribution in [0, 0.1) is 0 Å². The van der Waals surface area contributed by atoms with E-state index < -0.39 is 5.54 Å². The van der Waals surface area contributed by atoms with Crippen LogP contribution in [0.5, 0.6) is 0 Å². The number of oxazole rings is 1. The Bertz CT molecular complexity index is 339. The highest BCUT2D eigenvalue weighted by atomic mass is 16.4. The lowest BCUT2D eigenvalue weighted by Gasteiger charge is -2.16. The normalized spacial score (nSPS) is 11.5. The molecule has 0 radical (unpaired) electrons. The summed E-state index contributed by atoms with van der Waals surface area (Å²) in [4.78, 5) is 15.4. The fourth-order valence-electron chi connectivity index (χ4n) is 0.977. The van der Waals surface area contributed by atoms with E-state index in [1.165, 1.54) is 0 Å². The zero-order valence-corrected chi connectivity index (χ0v) is 9.33. The van der Waals surface area contributed by atoms with Gasteiger partial charge < -0.3 is 15.5 Å². The molecule has 5 heteroatoms. The Morgan fingerprint density at radius 3 is 2.80 bits per heavy atom. The summed E-state index contributed by atoms with van der Waals surface area (Å²) in [5.41, 5.74) is 4.74. The lowest BCUT2D eigenvalue weighted by atomic mass is 10.1. The lowest BCUT2D eigenvalue weighted by Crippen LogP contribution is -2.48. The van der Waals surface area contributed by atoms with Gasteiger partial charge in [-0.3, -0.25) is 4.79 Å². The molecule has 0 aromatic carbocycles. The number of carbonyl (C=O) groups excluding carboxylic acids is 1. The summed E-state index contributed by atoms with van der Waals surface area (Å²) >= 11 is 0. The van der Waals surface area contributed by atoms with E-state index in [0.717, 1.165) is 12.2 Å². The Kier molecular flexibility index (Phi) is 3.47. The smallest absolute Gasteiger partial charge is 0.239 e. The third-order valence-corrected chi connectivity index (χ3v) is 1.94. The maximum absolute atomic E-state index is 11.4. The number of hydrogen-bond acceptors (Lipinski definition) is 4. The maximum atomic E-state index is 11.4. The van der Waals surface area contributed by atoms with Crippen LogP contribution in [0.25, 0.3) is 0 Å². The topological polar surface area (TPSA) is 81.2 Å². The average Bonchev–Trinajstić information content (AvgIpc) is 2.60. The lowest BCUT2D eigenvalue weighted by molar-refractivity contribution is -0.125. The first-order chi connectivity index (χ1) is 6.93. The van der Waals surface area contributed by atoms with Crippen LogP contribution >= 0.6 is 0 Å². The molecular weight excluding hydrogens is 194 g/mol. The Morgan fingerprint density at radius 2 is 2.33 bits per heavy atom. The first-order valence-electron chi connectivity index (χ1n) is 4.94. The zero-order chi connectivity index (χ0) is 11.5. The number of aryl methyl sites for hydroxylation is 1.